The quantitative estimate of drug-likeness (QED) is 0.0222. The van der Waals surface area contributed by atoms with Crippen LogP contribution in [-0.2, 0) is 65.4 Å². The molecule has 0 amide bonds. The summed E-state index contributed by atoms with van der Waals surface area (Å²) in [7, 11) is -9.92. The second-order valence-corrected chi connectivity index (χ2v) is 33.6. The summed E-state index contributed by atoms with van der Waals surface area (Å²) in [6.07, 6.45) is 69.3. The highest BCUT2D eigenvalue weighted by Gasteiger charge is 2.30. The summed E-state index contributed by atoms with van der Waals surface area (Å²) < 4.78 is 68.8. The van der Waals surface area contributed by atoms with Crippen LogP contribution in [0.25, 0.3) is 0 Å². The molecule has 0 aromatic heterocycles. The van der Waals surface area contributed by atoms with Gasteiger partial charge in [-0.3, -0.25) is 37.3 Å². The maximum Gasteiger partial charge on any atom is 0.472 e. The first-order chi connectivity index (χ1) is 50.0. The molecule has 17 nitrogen and oxygen atoms in total. The van der Waals surface area contributed by atoms with Crippen molar-refractivity contribution in [2.75, 3.05) is 39.6 Å². The molecule has 0 aromatic carbocycles. The number of rotatable bonds is 84. The van der Waals surface area contributed by atoms with Crippen LogP contribution in [0.5, 0.6) is 0 Å². The summed E-state index contributed by atoms with van der Waals surface area (Å²) in [5.41, 5.74) is 0. The van der Waals surface area contributed by atoms with Crippen molar-refractivity contribution in [2.24, 2.45) is 5.92 Å². The highest BCUT2D eigenvalue weighted by atomic mass is 31.2. The first-order valence-corrected chi connectivity index (χ1v) is 46.6. The number of hydrogen-bond donors (Lipinski definition) is 3. The maximum absolute atomic E-state index is 13.1. The van der Waals surface area contributed by atoms with Crippen molar-refractivity contribution in [3.8, 4) is 0 Å². The number of unbranched alkanes of at least 4 members (excludes halogenated alkanes) is 56. The SMILES string of the molecule is CCCCCCCCCCCCCCCCCCCCCC(=O)OC[C@H](COP(=O)(O)OC[C@@H](O)COP(=O)(O)OC[C@@H](COC(=O)CCCCCCCCCCCC)OC(=O)CCCCCCCCCCCCCCCCC)OC(=O)CCCCCCCCCCCCCCCCCCC(C)C. The molecule has 0 bridgehead atoms. The van der Waals surface area contributed by atoms with Crippen molar-refractivity contribution in [3.05, 3.63) is 0 Å². The van der Waals surface area contributed by atoms with E-state index in [1.807, 2.05) is 0 Å². The van der Waals surface area contributed by atoms with E-state index < -0.39 is 97.5 Å². The molecule has 0 saturated carbocycles. The fourth-order valence-corrected chi connectivity index (χ4v) is 14.7. The summed E-state index contributed by atoms with van der Waals surface area (Å²) in [6, 6.07) is 0. The van der Waals surface area contributed by atoms with E-state index in [-0.39, 0.29) is 25.7 Å². The van der Waals surface area contributed by atoms with Gasteiger partial charge in [0.1, 0.15) is 19.3 Å². The normalized spacial score (nSPS) is 13.8. The van der Waals surface area contributed by atoms with Gasteiger partial charge in [0.2, 0.25) is 0 Å². The second kappa shape index (κ2) is 76.8. The van der Waals surface area contributed by atoms with E-state index in [4.69, 9.17) is 37.0 Å². The van der Waals surface area contributed by atoms with Crippen molar-refractivity contribution in [2.45, 2.75) is 470 Å². The average Bonchev–Trinajstić information content (AvgIpc) is 0.931. The fourth-order valence-electron chi connectivity index (χ4n) is 13.1. The third kappa shape index (κ3) is 78.0. The lowest BCUT2D eigenvalue weighted by Gasteiger charge is -2.21. The molecule has 0 saturated heterocycles. The van der Waals surface area contributed by atoms with Crippen molar-refractivity contribution >= 4 is 39.5 Å². The zero-order valence-corrected chi connectivity index (χ0v) is 69.3. The summed E-state index contributed by atoms with van der Waals surface area (Å²) in [6.45, 7) is 7.38. The molecule has 612 valence electrons. The molecule has 2 unspecified atom stereocenters. The molecule has 5 atom stereocenters. The van der Waals surface area contributed by atoms with Gasteiger partial charge in [0.15, 0.2) is 12.2 Å². The number of carbonyl (C=O) groups is 4. The van der Waals surface area contributed by atoms with Gasteiger partial charge in [0, 0.05) is 25.7 Å². The van der Waals surface area contributed by atoms with Crippen molar-refractivity contribution in [3.63, 3.8) is 0 Å². The number of carbonyl (C=O) groups excluding carboxylic acids is 4. The molecule has 19 heteroatoms. The van der Waals surface area contributed by atoms with Crippen molar-refractivity contribution in [1.29, 1.82) is 0 Å². The largest absolute Gasteiger partial charge is 0.472 e. The van der Waals surface area contributed by atoms with Crippen LogP contribution >= 0.6 is 15.6 Å². The monoisotopic (exact) mass is 1510 g/mol. The predicted octanol–water partition coefficient (Wildman–Crippen LogP) is 25.6. The van der Waals surface area contributed by atoms with E-state index in [1.54, 1.807) is 0 Å². The van der Waals surface area contributed by atoms with Crippen LogP contribution in [0.3, 0.4) is 0 Å². The van der Waals surface area contributed by atoms with Crippen LogP contribution in [0, 0.1) is 5.92 Å². The van der Waals surface area contributed by atoms with Crippen LogP contribution in [0.15, 0.2) is 0 Å². The number of phosphoric acid groups is 2. The lowest BCUT2D eigenvalue weighted by molar-refractivity contribution is -0.161. The fraction of sp³-hybridized carbons (Fsp3) is 0.952. The molecule has 3 N–H and O–H groups in total. The minimum absolute atomic E-state index is 0.109. The number of aliphatic hydroxyl groups is 1. The zero-order valence-electron chi connectivity index (χ0n) is 67.5. The van der Waals surface area contributed by atoms with E-state index >= 15 is 0 Å². The third-order valence-electron chi connectivity index (χ3n) is 19.8. The molecule has 0 spiro atoms. The van der Waals surface area contributed by atoms with Crippen LogP contribution < -0.4 is 0 Å². The van der Waals surface area contributed by atoms with Crippen LogP contribution in [0.2, 0.25) is 0 Å². The van der Waals surface area contributed by atoms with Crippen LogP contribution in [0.1, 0.15) is 452 Å². The predicted molar refractivity (Wildman–Crippen MR) is 423 cm³/mol. The average molecular weight is 1510 g/mol. The smallest absolute Gasteiger partial charge is 0.462 e. The van der Waals surface area contributed by atoms with E-state index in [9.17, 15) is 43.2 Å². The lowest BCUT2D eigenvalue weighted by Crippen LogP contribution is -2.30. The first kappa shape index (κ1) is 101. The van der Waals surface area contributed by atoms with Gasteiger partial charge in [0.25, 0.3) is 0 Å². The van der Waals surface area contributed by atoms with E-state index in [1.165, 1.54) is 276 Å². The highest BCUT2D eigenvalue weighted by Crippen LogP contribution is 2.45. The molecule has 0 aromatic rings. The Bertz CT molecular complexity index is 1960. The van der Waals surface area contributed by atoms with Gasteiger partial charge in [-0.15, -0.1) is 0 Å². The standard InChI is InChI=1S/C84H164O17P2/c1-6-9-12-15-18-21-24-26-28-29-30-31-36-39-43-48-53-58-63-68-82(87)95-74-80(101-84(89)70-65-60-55-50-45-41-37-33-32-35-38-42-46-51-56-61-66-77(4)5)76-99-103(92,93)97-72-78(85)71-96-102(90,91)98-75-79(73-94-81(86)67-62-57-52-47-23-20-17-14-11-8-3)100-83(88)69-64-59-54-49-44-40-34-27-25-22-19-16-13-10-7-2/h77-80,85H,6-76H2,1-5H3,(H,90,91)(H,92,93)/t78-,79+,80+/m0/s1. The van der Waals surface area contributed by atoms with Gasteiger partial charge in [-0.05, 0) is 31.6 Å². The van der Waals surface area contributed by atoms with E-state index in [0.29, 0.717) is 25.7 Å². The molecule has 0 aliphatic rings. The Labute approximate surface area is 632 Å². The number of esters is 4. The molecule has 0 fully saturated rings. The molecule has 103 heavy (non-hydrogen) atoms. The van der Waals surface area contributed by atoms with Gasteiger partial charge in [-0.25, -0.2) is 9.13 Å². The maximum atomic E-state index is 13.1. The molecule has 0 radical (unpaired) electrons. The Hall–Kier alpha value is -1.94. The summed E-state index contributed by atoms with van der Waals surface area (Å²) >= 11 is 0. The summed E-state index contributed by atoms with van der Waals surface area (Å²) in [4.78, 5) is 73.1. The molecule has 0 aliphatic carbocycles. The number of hydrogen-bond acceptors (Lipinski definition) is 15. The van der Waals surface area contributed by atoms with Gasteiger partial charge in [0.05, 0.1) is 26.4 Å². The zero-order chi connectivity index (χ0) is 75.5. The van der Waals surface area contributed by atoms with Gasteiger partial charge in [-0.2, -0.15) is 0 Å². The molecular formula is C84H164O17P2. The highest BCUT2D eigenvalue weighted by molar-refractivity contribution is 7.47. The minimum atomic E-state index is -4.96. The Kier molecular flexibility index (Phi) is 75.4. The Morgan fingerprint density at radius 3 is 0.660 bits per heavy atom. The van der Waals surface area contributed by atoms with E-state index in [2.05, 4.69) is 34.6 Å². The minimum Gasteiger partial charge on any atom is -0.462 e. The van der Waals surface area contributed by atoms with Crippen LogP contribution in [-0.4, -0.2) is 96.7 Å². The van der Waals surface area contributed by atoms with Gasteiger partial charge >= 0.3 is 39.5 Å². The first-order valence-electron chi connectivity index (χ1n) is 43.6. The van der Waals surface area contributed by atoms with Crippen LogP contribution in [0.4, 0.5) is 0 Å². The Morgan fingerprint density at radius 1 is 0.262 bits per heavy atom. The van der Waals surface area contributed by atoms with Crippen molar-refractivity contribution in [1.82, 2.24) is 0 Å². The number of ether oxygens (including phenoxy) is 4. The Morgan fingerprint density at radius 2 is 0.447 bits per heavy atom. The molecular weight excluding hydrogens is 1340 g/mol. The topological polar surface area (TPSA) is 237 Å². The number of aliphatic hydroxyl groups excluding tert-OH is 1. The van der Waals surface area contributed by atoms with Gasteiger partial charge < -0.3 is 33.8 Å². The Balaban J connectivity index is 5.23. The summed E-state index contributed by atoms with van der Waals surface area (Å²) in [5, 5.41) is 10.7. The molecule has 0 heterocycles. The molecule has 0 rings (SSSR count). The number of phosphoric ester groups is 2. The van der Waals surface area contributed by atoms with E-state index in [0.717, 1.165) is 95.8 Å². The molecule has 0 aliphatic heterocycles. The lowest BCUT2D eigenvalue weighted by atomic mass is 10.0. The van der Waals surface area contributed by atoms with Gasteiger partial charge in [-0.1, -0.05) is 401 Å². The van der Waals surface area contributed by atoms with Crippen molar-refractivity contribution < 1.29 is 80.2 Å². The third-order valence-corrected chi connectivity index (χ3v) is 21.7. The second-order valence-electron chi connectivity index (χ2n) is 30.7. The summed E-state index contributed by atoms with van der Waals surface area (Å²) in [5.74, 6) is -1.29.